The Balaban J connectivity index is 3.32. The normalized spacial score (nSPS) is 10.5. The van der Waals surface area contributed by atoms with Gasteiger partial charge in [-0.25, -0.2) is 13.6 Å². The summed E-state index contributed by atoms with van der Waals surface area (Å²) in [6.07, 6.45) is -2.19. The van der Waals surface area contributed by atoms with Crippen molar-refractivity contribution in [1.82, 2.24) is 4.98 Å². The van der Waals surface area contributed by atoms with Crippen LogP contribution in [0, 0.1) is 0 Å². The van der Waals surface area contributed by atoms with Crippen LogP contribution in [0.25, 0.3) is 0 Å². The zero-order valence-electron chi connectivity index (χ0n) is 8.42. The third-order valence-corrected chi connectivity index (χ3v) is 1.86. The number of hydrogen-bond acceptors (Lipinski definition) is 4. The molecule has 3 N–H and O–H groups in total. The first-order valence-corrected chi connectivity index (χ1v) is 4.45. The Morgan fingerprint density at radius 1 is 1.62 bits per heavy atom. The van der Waals surface area contributed by atoms with Gasteiger partial charge in [-0.05, 0) is 6.92 Å². The predicted octanol–water partition coefficient (Wildman–Crippen LogP) is 1.07. The molecule has 0 saturated carbocycles. The number of anilines is 1. The molecule has 0 spiro atoms. The van der Waals surface area contributed by atoms with Crippen LogP contribution in [-0.2, 0) is 4.74 Å². The number of H-pyrrole nitrogens is 1. The number of rotatable bonds is 3. The third-order valence-electron chi connectivity index (χ3n) is 1.86. The topological polar surface area (TPSA) is 85.2 Å². The third kappa shape index (κ3) is 2.18. The number of hydrogen-bond donors (Lipinski definition) is 2. The molecular formula is C9H10F2N2O3. The molecule has 1 heterocycles. The summed E-state index contributed by atoms with van der Waals surface area (Å²) in [5.74, 6) is -1.29. The lowest BCUT2D eigenvalue weighted by atomic mass is 10.2. The quantitative estimate of drug-likeness (QED) is 0.763. The smallest absolute Gasteiger partial charge is 0.345 e. The van der Waals surface area contributed by atoms with Crippen LogP contribution in [0.15, 0.2) is 11.0 Å². The lowest BCUT2D eigenvalue weighted by Crippen LogP contribution is -2.24. The van der Waals surface area contributed by atoms with Gasteiger partial charge >= 0.3 is 5.97 Å². The molecule has 0 atom stereocenters. The van der Waals surface area contributed by atoms with Crippen molar-refractivity contribution in [3.8, 4) is 0 Å². The van der Waals surface area contributed by atoms with Gasteiger partial charge in [0.25, 0.3) is 6.43 Å². The van der Waals surface area contributed by atoms with Gasteiger partial charge in [0.1, 0.15) is 11.4 Å². The Morgan fingerprint density at radius 2 is 2.25 bits per heavy atom. The molecule has 0 unspecified atom stereocenters. The number of nitrogens with one attached hydrogen (secondary N) is 1. The van der Waals surface area contributed by atoms with Gasteiger partial charge in [0.15, 0.2) is 0 Å². The maximum Gasteiger partial charge on any atom is 0.345 e. The standard InChI is InChI=1S/C9H10F2N2O3/c1-2-16-9(15)5-6(14)4(7(10)11)3-13-8(5)12/h3,7H,2H2,1H3,(H3,12,13,14). The van der Waals surface area contributed by atoms with E-state index in [1.807, 2.05) is 0 Å². The molecule has 1 rings (SSSR count). The second kappa shape index (κ2) is 4.73. The van der Waals surface area contributed by atoms with Gasteiger partial charge in [-0.2, -0.15) is 0 Å². The van der Waals surface area contributed by atoms with Crippen LogP contribution in [0.5, 0.6) is 0 Å². The van der Waals surface area contributed by atoms with Gasteiger partial charge in [0.2, 0.25) is 5.43 Å². The van der Waals surface area contributed by atoms with Gasteiger partial charge in [-0.1, -0.05) is 0 Å². The first kappa shape index (κ1) is 12.2. The van der Waals surface area contributed by atoms with Crippen LogP contribution >= 0.6 is 0 Å². The van der Waals surface area contributed by atoms with Crippen molar-refractivity contribution >= 4 is 11.8 Å². The maximum atomic E-state index is 12.4. The number of nitrogen functional groups attached to an aromatic ring is 1. The van der Waals surface area contributed by atoms with Crippen LogP contribution in [0.4, 0.5) is 14.6 Å². The lowest BCUT2D eigenvalue weighted by Gasteiger charge is -2.06. The average molecular weight is 232 g/mol. The second-order valence-electron chi connectivity index (χ2n) is 2.88. The molecule has 0 amide bonds. The fourth-order valence-corrected chi connectivity index (χ4v) is 1.13. The minimum absolute atomic E-state index is 0.0244. The zero-order valence-corrected chi connectivity index (χ0v) is 8.42. The summed E-state index contributed by atoms with van der Waals surface area (Å²) < 4.78 is 29.3. The highest BCUT2D eigenvalue weighted by atomic mass is 19.3. The number of carbonyl (C=O) groups excluding carboxylic acids is 1. The minimum Gasteiger partial charge on any atom is -0.462 e. The summed E-state index contributed by atoms with van der Waals surface area (Å²) in [6, 6.07) is 0. The van der Waals surface area contributed by atoms with E-state index in [1.165, 1.54) is 6.92 Å². The van der Waals surface area contributed by atoms with E-state index >= 15 is 0 Å². The van der Waals surface area contributed by atoms with Crippen molar-refractivity contribution in [3.63, 3.8) is 0 Å². The summed E-state index contributed by atoms with van der Waals surface area (Å²) in [4.78, 5) is 25.0. The lowest BCUT2D eigenvalue weighted by molar-refractivity contribution is 0.0525. The number of nitrogens with two attached hydrogens (primary N) is 1. The van der Waals surface area contributed by atoms with E-state index in [1.54, 1.807) is 0 Å². The SMILES string of the molecule is CCOC(=O)c1c(N)[nH]cc(C(F)F)c1=O. The Hall–Kier alpha value is -1.92. The Kier molecular flexibility index (Phi) is 3.60. The molecule has 0 aliphatic heterocycles. The maximum absolute atomic E-state index is 12.4. The summed E-state index contributed by atoms with van der Waals surface area (Å²) in [6.45, 7) is 1.55. The predicted molar refractivity (Wildman–Crippen MR) is 52.4 cm³/mol. The van der Waals surface area contributed by atoms with E-state index in [4.69, 9.17) is 5.73 Å². The summed E-state index contributed by atoms with van der Waals surface area (Å²) >= 11 is 0. The van der Waals surface area contributed by atoms with Crippen molar-refractivity contribution in [3.05, 3.63) is 27.5 Å². The van der Waals surface area contributed by atoms with Crippen LogP contribution in [-0.4, -0.2) is 17.6 Å². The van der Waals surface area contributed by atoms with Crippen molar-refractivity contribution < 1.29 is 18.3 Å². The molecule has 0 saturated heterocycles. The molecule has 88 valence electrons. The fraction of sp³-hybridized carbons (Fsp3) is 0.333. The second-order valence-corrected chi connectivity index (χ2v) is 2.88. The molecule has 0 aliphatic carbocycles. The van der Waals surface area contributed by atoms with Crippen LogP contribution < -0.4 is 11.2 Å². The molecule has 1 aromatic rings. The average Bonchev–Trinajstić information content (AvgIpc) is 2.17. The van der Waals surface area contributed by atoms with E-state index in [0.29, 0.717) is 0 Å². The number of alkyl halides is 2. The van der Waals surface area contributed by atoms with Crippen molar-refractivity contribution in [2.45, 2.75) is 13.3 Å². The molecule has 0 bridgehead atoms. The molecule has 5 nitrogen and oxygen atoms in total. The molecule has 0 aromatic carbocycles. The number of aromatic amines is 1. The minimum atomic E-state index is -2.97. The van der Waals surface area contributed by atoms with Gasteiger partial charge < -0.3 is 15.5 Å². The number of esters is 1. The van der Waals surface area contributed by atoms with Crippen molar-refractivity contribution in [2.75, 3.05) is 12.3 Å². The van der Waals surface area contributed by atoms with Gasteiger partial charge in [-0.3, -0.25) is 4.79 Å². The molecule has 1 aromatic heterocycles. The molecular weight excluding hydrogens is 222 g/mol. The number of halogens is 2. The molecule has 0 radical (unpaired) electrons. The Bertz CT molecular complexity index is 457. The highest BCUT2D eigenvalue weighted by molar-refractivity contribution is 5.94. The van der Waals surface area contributed by atoms with Crippen molar-refractivity contribution in [1.29, 1.82) is 0 Å². The molecule has 0 fully saturated rings. The molecule has 16 heavy (non-hydrogen) atoms. The molecule has 0 aliphatic rings. The number of carbonyl (C=O) groups is 1. The first-order valence-electron chi connectivity index (χ1n) is 4.45. The zero-order chi connectivity index (χ0) is 12.3. The van der Waals surface area contributed by atoms with Gasteiger partial charge in [0, 0.05) is 6.20 Å². The van der Waals surface area contributed by atoms with Gasteiger partial charge in [-0.15, -0.1) is 0 Å². The summed E-state index contributed by atoms with van der Waals surface area (Å²) in [5.41, 5.74) is 2.82. The van der Waals surface area contributed by atoms with E-state index in [9.17, 15) is 18.4 Å². The molecule has 7 heteroatoms. The van der Waals surface area contributed by atoms with Crippen LogP contribution in [0.1, 0.15) is 29.3 Å². The fourth-order valence-electron chi connectivity index (χ4n) is 1.13. The number of pyridine rings is 1. The highest BCUT2D eigenvalue weighted by Gasteiger charge is 2.22. The number of ether oxygens (including phenoxy) is 1. The van der Waals surface area contributed by atoms with E-state index in [2.05, 4.69) is 9.72 Å². The largest absolute Gasteiger partial charge is 0.462 e. The highest BCUT2D eigenvalue weighted by Crippen LogP contribution is 2.16. The van der Waals surface area contributed by atoms with E-state index in [-0.39, 0.29) is 12.4 Å². The van der Waals surface area contributed by atoms with Crippen LogP contribution in [0.3, 0.4) is 0 Å². The summed E-state index contributed by atoms with van der Waals surface area (Å²) in [7, 11) is 0. The van der Waals surface area contributed by atoms with Gasteiger partial charge in [0.05, 0.1) is 12.2 Å². The van der Waals surface area contributed by atoms with E-state index < -0.39 is 29.0 Å². The monoisotopic (exact) mass is 232 g/mol. The first-order chi connectivity index (χ1) is 7.49. The Morgan fingerprint density at radius 3 is 2.75 bits per heavy atom. The van der Waals surface area contributed by atoms with E-state index in [0.717, 1.165) is 6.20 Å². The van der Waals surface area contributed by atoms with Crippen molar-refractivity contribution in [2.24, 2.45) is 0 Å². The Labute approximate surface area is 89.2 Å². The van der Waals surface area contributed by atoms with Crippen LogP contribution in [0.2, 0.25) is 0 Å². The number of aromatic nitrogens is 1. The summed E-state index contributed by atoms with van der Waals surface area (Å²) in [5, 5.41) is 0.